The number of carbonyl (C=O) groups excluding carboxylic acids is 1. The van der Waals surface area contributed by atoms with Crippen LogP contribution >= 0.6 is 11.6 Å². The summed E-state index contributed by atoms with van der Waals surface area (Å²) in [5, 5.41) is 6.52. The molecule has 1 aliphatic carbocycles. The van der Waals surface area contributed by atoms with Gasteiger partial charge in [0.25, 0.3) is 0 Å². The Bertz CT molecular complexity index is 808. The Morgan fingerprint density at radius 3 is 2.52 bits per heavy atom. The number of hydrogen-bond donors (Lipinski definition) is 2. The lowest BCUT2D eigenvalue weighted by atomic mass is 9.93. The van der Waals surface area contributed by atoms with E-state index in [1.807, 2.05) is 18.2 Å². The molecular formula is C21H26ClN3O4. The predicted molar refractivity (Wildman–Crippen MR) is 111 cm³/mol. The number of ether oxygens (including phenoxy) is 3. The molecule has 2 amide bonds. The topological polar surface area (TPSA) is 81.7 Å². The van der Waals surface area contributed by atoms with Gasteiger partial charge in [-0.3, -0.25) is 0 Å². The number of halogens is 1. The second kappa shape index (κ2) is 10.2. The van der Waals surface area contributed by atoms with E-state index in [-0.39, 0.29) is 18.2 Å². The van der Waals surface area contributed by atoms with Crippen molar-refractivity contribution in [3.63, 3.8) is 0 Å². The standard InChI is InChI=1S/C21H26ClN3O4/c1-27-18-9-3-14(11-19(18)28-2)12-24-21(26)25-16-5-7-17(8-6-16)29-20-10-4-15(22)13-23-20/h3-4,9-11,13,16-17H,5-8,12H2,1-2H3,(H2,24,25,26). The van der Waals surface area contributed by atoms with E-state index in [1.54, 1.807) is 32.5 Å². The van der Waals surface area contributed by atoms with Gasteiger partial charge in [-0.05, 0) is 49.4 Å². The lowest BCUT2D eigenvalue weighted by Gasteiger charge is -2.29. The molecule has 0 atom stereocenters. The minimum Gasteiger partial charge on any atom is -0.493 e. The highest BCUT2D eigenvalue weighted by Crippen LogP contribution is 2.27. The molecule has 7 nitrogen and oxygen atoms in total. The molecule has 8 heteroatoms. The summed E-state index contributed by atoms with van der Waals surface area (Å²) < 4.78 is 16.4. The summed E-state index contributed by atoms with van der Waals surface area (Å²) >= 11 is 5.84. The van der Waals surface area contributed by atoms with Gasteiger partial charge in [0.15, 0.2) is 11.5 Å². The maximum absolute atomic E-state index is 12.2. The molecule has 1 aliphatic rings. The summed E-state index contributed by atoms with van der Waals surface area (Å²) in [6.07, 6.45) is 5.14. The third-order valence-electron chi connectivity index (χ3n) is 4.90. The minimum absolute atomic E-state index is 0.108. The fourth-order valence-electron chi connectivity index (χ4n) is 3.34. The van der Waals surface area contributed by atoms with Crippen molar-refractivity contribution in [2.45, 2.75) is 44.4 Å². The van der Waals surface area contributed by atoms with Gasteiger partial charge in [0, 0.05) is 24.8 Å². The van der Waals surface area contributed by atoms with E-state index in [2.05, 4.69) is 15.6 Å². The monoisotopic (exact) mass is 419 g/mol. The number of rotatable bonds is 7. The number of carbonyl (C=O) groups is 1. The van der Waals surface area contributed by atoms with E-state index in [9.17, 15) is 4.79 Å². The van der Waals surface area contributed by atoms with Crippen molar-refractivity contribution in [1.29, 1.82) is 0 Å². The minimum atomic E-state index is -0.177. The van der Waals surface area contributed by atoms with Crippen molar-refractivity contribution in [2.24, 2.45) is 0 Å². The van der Waals surface area contributed by atoms with E-state index in [4.69, 9.17) is 25.8 Å². The average molecular weight is 420 g/mol. The van der Waals surface area contributed by atoms with Crippen LogP contribution < -0.4 is 24.8 Å². The Hall–Kier alpha value is -2.67. The zero-order chi connectivity index (χ0) is 20.6. The van der Waals surface area contributed by atoms with E-state index in [0.717, 1.165) is 31.2 Å². The normalized spacial score (nSPS) is 18.6. The second-order valence-electron chi connectivity index (χ2n) is 6.92. The largest absolute Gasteiger partial charge is 0.493 e. The van der Waals surface area contributed by atoms with E-state index >= 15 is 0 Å². The molecule has 1 aromatic heterocycles. The molecular weight excluding hydrogens is 394 g/mol. The maximum atomic E-state index is 12.2. The number of methoxy groups -OCH3 is 2. The molecule has 0 radical (unpaired) electrons. The Kier molecular flexibility index (Phi) is 7.41. The quantitative estimate of drug-likeness (QED) is 0.710. The van der Waals surface area contributed by atoms with Crippen LogP contribution in [0.4, 0.5) is 4.79 Å². The van der Waals surface area contributed by atoms with E-state index in [0.29, 0.717) is 28.9 Å². The van der Waals surface area contributed by atoms with Crippen LogP contribution in [0.3, 0.4) is 0 Å². The number of urea groups is 1. The molecule has 1 fully saturated rings. The van der Waals surface area contributed by atoms with Crippen LogP contribution in [0.1, 0.15) is 31.2 Å². The van der Waals surface area contributed by atoms with Gasteiger partial charge in [0.05, 0.1) is 19.2 Å². The average Bonchev–Trinajstić information content (AvgIpc) is 2.75. The SMILES string of the molecule is COc1ccc(CNC(=O)NC2CCC(Oc3ccc(Cl)cn3)CC2)cc1OC. The van der Waals surface area contributed by atoms with Crippen molar-refractivity contribution in [3.05, 3.63) is 47.1 Å². The van der Waals surface area contributed by atoms with Gasteiger partial charge in [0.2, 0.25) is 5.88 Å². The predicted octanol–water partition coefficient (Wildman–Crippen LogP) is 3.94. The van der Waals surface area contributed by atoms with Crippen molar-refractivity contribution < 1.29 is 19.0 Å². The van der Waals surface area contributed by atoms with Gasteiger partial charge in [-0.2, -0.15) is 0 Å². The first-order valence-electron chi connectivity index (χ1n) is 9.61. The van der Waals surface area contributed by atoms with Crippen LogP contribution in [0, 0.1) is 0 Å². The molecule has 0 unspecified atom stereocenters. The molecule has 2 aromatic rings. The second-order valence-corrected chi connectivity index (χ2v) is 7.36. The summed E-state index contributed by atoms with van der Waals surface area (Å²) in [5.41, 5.74) is 0.936. The molecule has 0 aliphatic heterocycles. The molecule has 0 spiro atoms. The van der Waals surface area contributed by atoms with Gasteiger partial charge >= 0.3 is 6.03 Å². The van der Waals surface area contributed by atoms with Crippen LogP contribution in [0.2, 0.25) is 5.02 Å². The highest BCUT2D eigenvalue weighted by molar-refractivity contribution is 6.30. The molecule has 1 saturated carbocycles. The van der Waals surface area contributed by atoms with Gasteiger partial charge < -0.3 is 24.8 Å². The molecule has 156 valence electrons. The van der Waals surface area contributed by atoms with Crippen molar-refractivity contribution >= 4 is 17.6 Å². The Morgan fingerprint density at radius 2 is 1.86 bits per heavy atom. The van der Waals surface area contributed by atoms with Gasteiger partial charge in [0.1, 0.15) is 6.10 Å². The zero-order valence-electron chi connectivity index (χ0n) is 16.6. The number of pyridine rings is 1. The summed E-state index contributed by atoms with van der Waals surface area (Å²) in [4.78, 5) is 16.4. The van der Waals surface area contributed by atoms with Crippen LogP contribution in [0.15, 0.2) is 36.5 Å². The molecule has 2 N–H and O–H groups in total. The summed E-state index contributed by atoms with van der Waals surface area (Å²) in [5.74, 6) is 1.88. The summed E-state index contributed by atoms with van der Waals surface area (Å²) in [7, 11) is 3.18. The molecule has 1 aromatic carbocycles. The lowest BCUT2D eigenvalue weighted by molar-refractivity contribution is 0.135. The first-order chi connectivity index (χ1) is 14.1. The van der Waals surface area contributed by atoms with Crippen LogP contribution in [-0.2, 0) is 6.54 Å². The molecule has 3 rings (SSSR count). The summed E-state index contributed by atoms with van der Waals surface area (Å²) in [6.45, 7) is 0.410. The zero-order valence-corrected chi connectivity index (χ0v) is 17.4. The van der Waals surface area contributed by atoms with Crippen molar-refractivity contribution in [1.82, 2.24) is 15.6 Å². The fraction of sp³-hybridized carbons (Fsp3) is 0.429. The van der Waals surface area contributed by atoms with Crippen LogP contribution in [0.25, 0.3) is 0 Å². The molecule has 1 heterocycles. The highest BCUT2D eigenvalue weighted by Gasteiger charge is 2.24. The Balaban J connectivity index is 1.40. The lowest BCUT2D eigenvalue weighted by Crippen LogP contribution is -2.44. The Labute approximate surface area is 175 Å². The Morgan fingerprint density at radius 1 is 1.10 bits per heavy atom. The first-order valence-corrected chi connectivity index (χ1v) is 9.98. The first kappa shape index (κ1) is 21.0. The van der Waals surface area contributed by atoms with Crippen molar-refractivity contribution in [3.8, 4) is 17.4 Å². The van der Waals surface area contributed by atoms with Crippen LogP contribution in [-0.4, -0.2) is 37.4 Å². The molecule has 0 saturated heterocycles. The number of benzene rings is 1. The third kappa shape index (κ3) is 6.15. The maximum Gasteiger partial charge on any atom is 0.315 e. The van der Waals surface area contributed by atoms with Gasteiger partial charge in [-0.25, -0.2) is 9.78 Å². The molecule has 0 bridgehead atoms. The fourth-order valence-corrected chi connectivity index (χ4v) is 3.45. The van der Waals surface area contributed by atoms with Gasteiger partial charge in [-0.15, -0.1) is 0 Å². The number of nitrogens with zero attached hydrogens (tertiary/aromatic N) is 1. The van der Waals surface area contributed by atoms with E-state index in [1.165, 1.54) is 0 Å². The highest BCUT2D eigenvalue weighted by atomic mass is 35.5. The van der Waals surface area contributed by atoms with E-state index < -0.39 is 0 Å². The smallest absolute Gasteiger partial charge is 0.315 e. The van der Waals surface area contributed by atoms with Crippen molar-refractivity contribution in [2.75, 3.05) is 14.2 Å². The number of nitrogens with one attached hydrogen (secondary N) is 2. The summed E-state index contributed by atoms with van der Waals surface area (Å²) in [6, 6.07) is 9.07. The van der Waals surface area contributed by atoms with Gasteiger partial charge in [-0.1, -0.05) is 17.7 Å². The molecule has 29 heavy (non-hydrogen) atoms. The third-order valence-corrected chi connectivity index (χ3v) is 5.12. The van der Waals surface area contributed by atoms with Crippen LogP contribution in [0.5, 0.6) is 17.4 Å². The number of aromatic nitrogens is 1. The number of amides is 2. The number of hydrogen-bond acceptors (Lipinski definition) is 5.